The van der Waals surface area contributed by atoms with Crippen molar-refractivity contribution >= 4 is 31.6 Å². The van der Waals surface area contributed by atoms with Crippen molar-refractivity contribution in [3.63, 3.8) is 0 Å². The molecule has 112 valence electrons. The molecule has 1 aromatic carbocycles. The lowest BCUT2D eigenvalue weighted by Gasteiger charge is -2.09. The van der Waals surface area contributed by atoms with Gasteiger partial charge in [-0.15, -0.1) is 0 Å². The van der Waals surface area contributed by atoms with Gasteiger partial charge in [0.15, 0.2) is 0 Å². The molecule has 0 amide bonds. The molecule has 0 aliphatic rings. The van der Waals surface area contributed by atoms with Gasteiger partial charge in [-0.25, -0.2) is 13.4 Å². The Labute approximate surface area is 132 Å². The molecule has 0 fully saturated rings. The van der Waals surface area contributed by atoms with Gasteiger partial charge >= 0.3 is 0 Å². The van der Waals surface area contributed by atoms with Crippen molar-refractivity contribution < 1.29 is 13.2 Å². The van der Waals surface area contributed by atoms with Crippen molar-refractivity contribution in [1.82, 2.24) is 4.98 Å². The summed E-state index contributed by atoms with van der Waals surface area (Å²) >= 11 is 3.35. The number of halogens is 1. The van der Waals surface area contributed by atoms with Gasteiger partial charge in [0, 0.05) is 10.5 Å². The zero-order valence-electron chi connectivity index (χ0n) is 11.6. The number of ether oxygens (including phenoxy) is 1. The van der Waals surface area contributed by atoms with E-state index >= 15 is 0 Å². The molecule has 21 heavy (non-hydrogen) atoms. The Bertz CT molecular complexity index is 730. The van der Waals surface area contributed by atoms with E-state index in [-0.39, 0.29) is 4.90 Å². The summed E-state index contributed by atoms with van der Waals surface area (Å²) < 4.78 is 33.1. The van der Waals surface area contributed by atoms with Crippen molar-refractivity contribution in [2.45, 2.75) is 18.7 Å². The van der Waals surface area contributed by atoms with Gasteiger partial charge in [0.2, 0.25) is 5.88 Å². The highest BCUT2D eigenvalue weighted by atomic mass is 79.9. The number of aryl methyl sites for hydroxylation is 1. The molecule has 2 rings (SSSR count). The fraction of sp³-hybridized carbons (Fsp3) is 0.214. The first kappa shape index (κ1) is 15.8. The molecule has 0 aliphatic heterocycles. The van der Waals surface area contributed by atoms with Crippen LogP contribution in [0.1, 0.15) is 12.5 Å². The van der Waals surface area contributed by atoms with E-state index in [0.717, 1.165) is 10.0 Å². The second kappa shape index (κ2) is 6.44. The van der Waals surface area contributed by atoms with Gasteiger partial charge in [0.25, 0.3) is 10.0 Å². The Morgan fingerprint density at radius 3 is 2.62 bits per heavy atom. The fourth-order valence-corrected chi connectivity index (χ4v) is 3.05. The fourth-order valence-electron chi connectivity index (χ4n) is 1.67. The number of hydrogen-bond donors (Lipinski definition) is 1. The van der Waals surface area contributed by atoms with E-state index in [1.54, 1.807) is 30.3 Å². The third-order valence-corrected chi connectivity index (χ3v) is 4.99. The maximum absolute atomic E-state index is 12.3. The highest BCUT2D eigenvalue weighted by Gasteiger charge is 2.15. The quantitative estimate of drug-likeness (QED) is 0.875. The summed E-state index contributed by atoms with van der Waals surface area (Å²) in [5, 5.41) is 0. The van der Waals surface area contributed by atoms with Crippen molar-refractivity contribution in [2.75, 3.05) is 11.3 Å². The van der Waals surface area contributed by atoms with Crippen LogP contribution in [0.5, 0.6) is 5.88 Å². The molecule has 0 saturated heterocycles. The molecule has 2 aromatic rings. The number of sulfonamides is 1. The molecule has 0 saturated carbocycles. The van der Waals surface area contributed by atoms with Gasteiger partial charge < -0.3 is 4.74 Å². The monoisotopic (exact) mass is 370 g/mol. The minimum atomic E-state index is -3.63. The molecule has 1 heterocycles. The number of pyridine rings is 1. The Hall–Kier alpha value is -1.60. The number of rotatable bonds is 5. The lowest BCUT2D eigenvalue weighted by molar-refractivity contribution is 0.327. The Morgan fingerprint density at radius 1 is 1.29 bits per heavy atom. The lowest BCUT2D eigenvalue weighted by atomic mass is 10.2. The number of nitrogens with one attached hydrogen (secondary N) is 1. The van der Waals surface area contributed by atoms with Crippen LogP contribution < -0.4 is 9.46 Å². The summed E-state index contributed by atoms with van der Waals surface area (Å²) in [6.07, 6.45) is 1.42. The van der Waals surface area contributed by atoms with E-state index in [1.807, 2.05) is 13.8 Å². The first-order chi connectivity index (χ1) is 9.92. The summed E-state index contributed by atoms with van der Waals surface area (Å²) in [5.74, 6) is 0.458. The third kappa shape index (κ3) is 3.95. The van der Waals surface area contributed by atoms with Crippen molar-refractivity contribution in [3.8, 4) is 5.88 Å². The Balaban J connectivity index is 2.22. The Morgan fingerprint density at radius 2 is 2.05 bits per heavy atom. The molecule has 1 N–H and O–H groups in total. The average molecular weight is 371 g/mol. The summed E-state index contributed by atoms with van der Waals surface area (Å²) in [5.41, 5.74) is 1.24. The van der Waals surface area contributed by atoms with Crippen LogP contribution in [0.4, 0.5) is 5.69 Å². The molecule has 5 nitrogen and oxygen atoms in total. The largest absolute Gasteiger partial charge is 0.478 e. The molecule has 0 bridgehead atoms. The molecule has 0 unspecified atom stereocenters. The standard InChI is InChI=1S/C14H15BrN2O3S/c1-3-20-14-7-4-11(9-16-14)17-21(18,19)12-5-6-13(15)10(2)8-12/h4-9,17H,3H2,1-2H3. The zero-order chi connectivity index (χ0) is 15.5. The molecule has 0 atom stereocenters. The van der Waals surface area contributed by atoms with E-state index < -0.39 is 10.0 Å². The predicted molar refractivity (Wildman–Crippen MR) is 85.1 cm³/mol. The van der Waals surface area contributed by atoms with E-state index in [0.29, 0.717) is 18.2 Å². The molecule has 0 radical (unpaired) electrons. The van der Waals surface area contributed by atoms with Gasteiger partial charge in [0.1, 0.15) is 0 Å². The molecular weight excluding hydrogens is 356 g/mol. The van der Waals surface area contributed by atoms with Crippen molar-refractivity contribution in [3.05, 3.63) is 46.6 Å². The van der Waals surface area contributed by atoms with Gasteiger partial charge in [-0.3, -0.25) is 4.72 Å². The van der Waals surface area contributed by atoms with Crippen molar-refractivity contribution in [2.24, 2.45) is 0 Å². The number of nitrogens with zero attached hydrogens (tertiary/aromatic N) is 1. The number of aromatic nitrogens is 1. The summed E-state index contributed by atoms with van der Waals surface area (Å²) in [6.45, 7) is 4.20. The van der Waals surface area contributed by atoms with E-state index in [4.69, 9.17) is 4.74 Å². The van der Waals surface area contributed by atoms with Crippen LogP contribution in [0.25, 0.3) is 0 Å². The molecule has 0 aliphatic carbocycles. The normalized spacial score (nSPS) is 11.2. The molecule has 1 aromatic heterocycles. The minimum absolute atomic E-state index is 0.206. The summed E-state index contributed by atoms with van der Waals surface area (Å²) in [7, 11) is -3.63. The second-order valence-electron chi connectivity index (χ2n) is 4.33. The van der Waals surface area contributed by atoms with E-state index in [1.165, 1.54) is 6.20 Å². The zero-order valence-corrected chi connectivity index (χ0v) is 14.0. The van der Waals surface area contributed by atoms with Crippen LogP contribution in [-0.2, 0) is 10.0 Å². The highest BCUT2D eigenvalue weighted by Crippen LogP contribution is 2.22. The third-order valence-electron chi connectivity index (χ3n) is 2.72. The maximum atomic E-state index is 12.3. The van der Waals surface area contributed by atoms with Gasteiger partial charge in [-0.05, 0) is 43.7 Å². The van der Waals surface area contributed by atoms with Crippen LogP contribution in [0.3, 0.4) is 0 Å². The van der Waals surface area contributed by atoms with Gasteiger partial charge in [0.05, 0.1) is 23.4 Å². The average Bonchev–Trinajstić information content (AvgIpc) is 2.44. The van der Waals surface area contributed by atoms with Crippen molar-refractivity contribution in [1.29, 1.82) is 0 Å². The maximum Gasteiger partial charge on any atom is 0.261 e. The molecular formula is C14H15BrN2O3S. The number of anilines is 1. The lowest BCUT2D eigenvalue weighted by Crippen LogP contribution is -2.13. The topological polar surface area (TPSA) is 68.3 Å². The van der Waals surface area contributed by atoms with Gasteiger partial charge in [-0.2, -0.15) is 0 Å². The Kier molecular flexibility index (Phi) is 4.84. The summed E-state index contributed by atoms with van der Waals surface area (Å²) in [4.78, 5) is 4.23. The minimum Gasteiger partial charge on any atom is -0.478 e. The van der Waals surface area contributed by atoms with Crippen LogP contribution >= 0.6 is 15.9 Å². The van der Waals surface area contributed by atoms with Crippen LogP contribution in [0, 0.1) is 6.92 Å². The first-order valence-electron chi connectivity index (χ1n) is 6.30. The molecule has 0 spiro atoms. The van der Waals surface area contributed by atoms with Gasteiger partial charge in [-0.1, -0.05) is 15.9 Å². The highest BCUT2D eigenvalue weighted by molar-refractivity contribution is 9.10. The predicted octanol–water partition coefficient (Wildman–Crippen LogP) is 3.35. The number of benzene rings is 1. The summed E-state index contributed by atoms with van der Waals surface area (Å²) in [6, 6.07) is 8.09. The van der Waals surface area contributed by atoms with Crippen LogP contribution in [-0.4, -0.2) is 20.0 Å². The smallest absolute Gasteiger partial charge is 0.261 e. The van der Waals surface area contributed by atoms with E-state index in [9.17, 15) is 8.42 Å². The van der Waals surface area contributed by atoms with E-state index in [2.05, 4.69) is 25.6 Å². The molecule has 7 heteroatoms. The number of hydrogen-bond acceptors (Lipinski definition) is 4. The van der Waals surface area contributed by atoms with Crippen LogP contribution in [0.2, 0.25) is 0 Å². The second-order valence-corrected chi connectivity index (χ2v) is 6.87. The SMILES string of the molecule is CCOc1ccc(NS(=O)(=O)c2ccc(Br)c(C)c2)cn1. The van der Waals surface area contributed by atoms with Crippen LogP contribution in [0.15, 0.2) is 45.9 Å². The first-order valence-corrected chi connectivity index (χ1v) is 8.58.